The number of benzene rings is 1. The predicted octanol–water partition coefficient (Wildman–Crippen LogP) is 1.64. The number of aromatic nitrogens is 2. The van der Waals surface area contributed by atoms with Crippen LogP contribution in [0, 0.1) is 0 Å². The third kappa shape index (κ3) is 2.61. The van der Waals surface area contributed by atoms with E-state index in [0.29, 0.717) is 5.56 Å². The van der Waals surface area contributed by atoms with Crippen molar-refractivity contribution in [3.8, 4) is 0 Å². The van der Waals surface area contributed by atoms with Crippen molar-refractivity contribution in [2.75, 3.05) is 0 Å². The molecule has 126 valence electrons. The lowest BCUT2D eigenvalue weighted by Crippen LogP contribution is -2.37. The first-order valence-corrected chi connectivity index (χ1v) is 7.01. The van der Waals surface area contributed by atoms with Gasteiger partial charge >= 0.3 is 6.18 Å². The molecule has 0 saturated heterocycles. The van der Waals surface area contributed by atoms with Crippen molar-refractivity contribution >= 4 is 11.7 Å². The molecule has 1 aliphatic heterocycles. The van der Waals surface area contributed by atoms with Crippen molar-refractivity contribution in [3.05, 3.63) is 52.8 Å². The number of alkyl halides is 3. The van der Waals surface area contributed by atoms with E-state index in [1.807, 2.05) is 0 Å². The lowest BCUT2D eigenvalue weighted by molar-refractivity contribution is -0.141. The molecular formula is C15H14F3N5O. The Labute approximate surface area is 135 Å². The lowest BCUT2D eigenvalue weighted by Gasteiger charge is -2.31. The van der Waals surface area contributed by atoms with Crippen LogP contribution in [-0.2, 0) is 18.3 Å². The van der Waals surface area contributed by atoms with Crippen molar-refractivity contribution in [2.45, 2.75) is 25.2 Å². The van der Waals surface area contributed by atoms with Crippen LogP contribution in [0.3, 0.4) is 0 Å². The van der Waals surface area contributed by atoms with Crippen LogP contribution in [0.25, 0.3) is 0 Å². The second-order valence-electron chi connectivity index (χ2n) is 5.79. The number of carbonyl (C=O) groups excluding carboxylic acids is 1. The largest absolute Gasteiger partial charge is 0.435 e. The zero-order valence-electron chi connectivity index (χ0n) is 12.6. The Morgan fingerprint density at radius 3 is 2.67 bits per heavy atom. The number of nitrogens with two attached hydrogens (primary N) is 2. The molecule has 6 nitrogen and oxygen atoms in total. The normalized spacial score (nSPS) is 20.4. The van der Waals surface area contributed by atoms with Crippen LogP contribution in [-0.4, -0.2) is 21.5 Å². The quantitative estimate of drug-likeness (QED) is 0.871. The molecule has 1 aromatic carbocycles. The van der Waals surface area contributed by atoms with Gasteiger partial charge in [-0.15, -0.1) is 0 Å². The van der Waals surface area contributed by atoms with Crippen molar-refractivity contribution in [1.29, 1.82) is 0 Å². The fourth-order valence-corrected chi connectivity index (χ4v) is 2.70. The van der Waals surface area contributed by atoms with Gasteiger partial charge in [-0.05, 0) is 30.7 Å². The zero-order valence-corrected chi connectivity index (χ0v) is 12.6. The Morgan fingerprint density at radius 1 is 1.33 bits per heavy atom. The monoisotopic (exact) mass is 337 g/mol. The fourth-order valence-electron chi connectivity index (χ4n) is 2.70. The second-order valence-corrected chi connectivity index (χ2v) is 5.79. The number of hydrogen-bond acceptors (Lipinski definition) is 4. The van der Waals surface area contributed by atoms with E-state index in [2.05, 4.69) is 10.1 Å². The number of rotatable bonds is 2. The highest BCUT2D eigenvalue weighted by molar-refractivity contribution is 5.97. The van der Waals surface area contributed by atoms with Crippen LogP contribution >= 0.6 is 0 Å². The minimum absolute atomic E-state index is 0.0452. The summed E-state index contributed by atoms with van der Waals surface area (Å²) in [7, 11) is 0. The van der Waals surface area contributed by atoms with Crippen LogP contribution in [0.5, 0.6) is 0 Å². The number of primary amides is 1. The van der Waals surface area contributed by atoms with Crippen molar-refractivity contribution in [3.63, 3.8) is 0 Å². The highest BCUT2D eigenvalue weighted by Gasteiger charge is 2.39. The molecule has 0 bridgehead atoms. The van der Waals surface area contributed by atoms with Gasteiger partial charge < -0.3 is 11.5 Å². The molecule has 0 aliphatic carbocycles. The first kappa shape index (κ1) is 16.0. The number of amidine groups is 1. The van der Waals surface area contributed by atoms with E-state index >= 15 is 0 Å². The summed E-state index contributed by atoms with van der Waals surface area (Å²) >= 11 is 0. The SMILES string of the molecule is CC1(c2cccc(C(N)=O)c2)Cn2nc(C(F)(F)F)cc2C(N)=N1. The van der Waals surface area contributed by atoms with Crippen LogP contribution in [0.4, 0.5) is 13.2 Å². The smallest absolute Gasteiger partial charge is 0.382 e. The summed E-state index contributed by atoms with van der Waals surface area (Å²) in [5.74, 6) is -0.649. The predicted molar refractivity (Wildman–Crippen MR) is 80.3 cm³/mol. The highest BCUT2D eigenvalue weighted by Crippen LogP contribution is 2.34. The zero-order chi connectivity index (χ0) is 17.7. The van der Waals surface area contributed by atoms with Gasteiger partial charge in [0.2, 0.25) is 5.91 Å². The second kappa shape index (κ2) is 5.08. The van der Waals surface area contributed by atoms with Crippen molar-refractivity contribution in [1.82, 2.24) is 9.78 Å². The average molecular weight is 337 g/mol. The summed E-state index contributed by atoms with van der Waals surface area (Å²) in [5.41, 5.74) is 10.1. The minimum atomic E-state index is -4.56. The van der Waals surface area contributed by atoms with Gasteiger partial charge in [-0.2, -0.15) is 18.3 Å². The molecule has 1 unspecified atom stereocenters. The van der Waals surface area contributed by atoms with Crippen LogP contribution in [0.1, 0.15) is 34.2 Å². The van der Waals surface area contributed by atoms with E-state index in [4.69, 9.17) is 11.5 Å². The van der Waals surface area contributed by atoms with Gasteiger partial charge in [0.25, 0.3) is 0 Å². The van der Waals surface area contributed by atoms with E-state index in [1.165, 1.54) is 4.68 Å². The molecule has 9 heteroatoms. The van der Waals surface area contributed by atoms with Gasteiger partial charge in [0.1, 0.15) is 17.1 Å². The first-order chi connectivity index (χ1) is 11.1. The summed E-state index contributed by atoms with van der Waals surface area (Å²) in [5, 5.41) is 3.59. The van der Waals surface area contributed by atoms with Crippen molar-refractivity contribution < 1.29 is 18.0 Å². The molecule has 2 aromatic rings. The number of amides is 1. The molecular weight excluding hydrogens is 323 g/mol. The molecule has 2 heterocycles. The van der Waals surface area contributed by atoms with Crippen molar-refractivity contribution in [2.24, 2.45) is 16.5 Å². The molecule has 0 spiro atoms. The minimum Gasteiger partial charge on any atom is -0.382 e. The van der Waals surface area contributed by atoms with Crippen LogP contribution in [0.2, 0.25) is 0 Å². The number of fused-ring (bicyclic) bond motifs is 1. The molecule has 1 amide bonds. The maximum Gasteiger partial charge on any atom is 0.435 e. The van der Waals surface area contributed by atoms with Gasteiger partial charge in [0, 0.05) is 5.56 Å². The van der Waals surface area contributed by atoms with E-state index in [-0.39, 0.29) is 23.6 Å². The summed E-state index contributed by atoms with van der Waals surface area (Å²) in [6, 6.07) is 7.32. The molecule has 4 N–H and O–H groups in total. The van der Waals surface area contributed by atoms with E-state index in [0.717, 1.165) is 6.07 Å². The number of carbonyl (C=O) groups is 1. The molecule has 24 heavy (non-hydrogen) atoms. The van der Waals surface area contributed by atoms with E-state index in [9.17, 15) is 18.0 Å². The molecule has 1 atom stereocenters. The standard InChI is InChI=1S/C15H14F3N5O/c1-14(9-4-2-3-8(5-9)13(20)24)7-23-10(12(19)21-14)6-11(22-23)15(16,17)18/h2-6H,7H2,1H3,(H2,19,21)(H2,20,24). The Balaban J connectivity index is 2.06. The fraction of sp³-hybridized carbons (Fsp3) is 0.267. The maximum absolute atomic E-state index is 12.9. The number of aliphatic imine (C=N–C) groups is 1. The number of halogens is 3. The first-order valence-electron chi connectivity index (χ1n) is 7.01. The molecule has 0 radical (unpaired) electrons. The molecule has 3 rings (SSSR count). The average Bonchev–Trinajstić information content (AvgIpc) is 2.91. The Morgan fingerprint density at radius 2 is 2.04 bits per heavy atom. The maximum atomic E-state index is 12.9. The van der Waals surface area contributed by atoms with Crippen LogP contribution < -0.4 is 11.5 Å². The van der Waals surface area contributed by atoms with Gasteiger partial charge in [0.15, 0.2) is 5.69 Å². The van der Waals surface area contributed by atoms with Gasteiger partial charge in [0.05, 0.1) is 6.54 Å². The topological polar surface area (TPSA) is 99.3 Å². The highest BCUT2D eigenvalue weighted by atomic mass is 19.4. The number of hydrogen-bond donors (Lipinski definition) is 2. The van der Waals surface area contributed by atoms with Crippen LogP contribution in [0.15, 0.2) is 35.3 Å². The van der Waals surface area contributed by atoms with Gasteiger partial charge in [-0.1, -0.05) is 12.1 Å². The molecule has 1 aliphatic rings. The van der Waals surface area contributed by atoms with Gasteiger partial charge in [-0.3, -0.25) is 14.5 Å². The summed E-state index contributed by atoms with van der Waals surface area (Å²) in [6.07, 6.45) is -4.56. The Hall–Kier alpha value is -2.84. The van der Waals surface area contributed by atoms with E-state index in [1.54, 1.807) is 31.2 Å². The van der Waals surface area contributed by atoms with E-state index < -0.39 is 23.3 Å². The third-order valence-electron chi connectivity index (χ3n) is 3.93. The third-order valence-corrected chi connectivity index (χ3v) is 3.93. The Bertz CT molecular complexity index is 855. The summed E-state index contributed by atoms with van der Waals surface area (Å²) in [4.78, 5) is 15.7. The Kier molecular flexibility index (Phi) is 3.40. The molecule has 1 aromatic heterocycles. The summed E-state index contributed by atoms with van der Waals surface area (Å²) < 4.78 is 39.7. The lowest BCUT2D eigenvalue weighted by atomic mass is 9.90. The molecule has 0 fully saturated rings. The summed E-state index contributed by atoms with van der Waals surface area (Å²) in [6.45, 7) is 1.76. The van der Waals surface area contributed by atoms with Gasteiger partial charge in [-0.25, -0.2) is 0 Å². The number of nitrogens with zero attached hydrogens (tertiary/aromatic N) is 3. The molecule has 0 saturated carbocycles.